The molecule has 1 aliphatic carbocycles. The summed E-state index contributed by atoms with van der Waals surface area (Å²) in [5, 5.41) is 9.39. The second-order valence-electron chi connectivity index (χ2n) is 3.97. The standard InChI is InChI=1S/C8H14O2/c1-8-3-2-6(9)7(4-8)10-5-8/h6-7,9H,2-5H2,1H3. The summed E-state index contributed by atoms with van der Waals surface area (Å²) in [7, 11) is 0. The van der Waals surface area contributed by atoms with Crippen LogP contribution in [0.4, 0.5) is 0 Å². The van der Waals surface area contributed by atoms with E-state index in [-0.39, 0.29) is 12.2 Å². The number of aliphatic hydroxyl groups is 1. The van der Waals surface area contributed by atoms with Crippen molar-refractivity contribution in [3.05, 3.63) is 0 Å². The van der Waals surface area contributed by atoms with Crippen LogP contribution < -0.4 is 0 Å². The molecule has 1 saturated heterocycles. The second-order valence-corrected chi connectivity index (χ2v) is 3.97. The van der Waals surface area contributed by atoms with E-state index < -0.39 is 0 Å². The van der Waals surface area contributed by atoms with E-state index in [2.05, 4.69) is 6.92 Å². The van der Waals surface area contributed by atoms with E-state index in [1.54, 1.807) is 0 Å². The van der Waals surface area contributed by atoms with Crippen molar-refractivity contribution in [1.82, 2.24) is 0 Å². The minimum absolute atomic E-state index is 0.152. The molecule has 2 nitrogen and oxygen atoms in total. The first kappa shape index (κ1) is 6.62. The van der Waals surface area contributed by atoms with Crippen LogP contribution in [-0.2, 0) is 4.74 Å². The van der Waals surface area contributed by atoms with E-state index in [0.717, 1.165) is 25.9 Å². The molecule has 58 valence electrons. The maximum absolute atomic E-state index is 9.39. The maximum Gasteiger partial charge on any atom is 0.0840 e. The molecule has 3 unspecified atom stereocenters. The molecule has 0 aromatic rings. The van der Waals surface area contributed by atoms with E-state index >= 15 is 0 Å². The lowest BCUT2D eigenvalue weighted by atomic mass is 9.76. The van der Waals surface area contributed by atoms with Gasteiger partial charge in [0.05, 0.1) is 18.8 Å². The Balaban J connectivity index is 2.12. The third-order valence-electron chi connectivity index (χ3n) is 2.81. The van der Waals surface area contributed by atoms with Gasteiger partial charge in [0.25, 0.3) is 0 Å². The Labute approximate surface area is 61.2 Å². The predicted octanol–water partition coefficient (Wildman–Crippen LogP) is 0.936. The molecule has 1 N–H and O–H groups in total. The summed E-state index contributed by atoms with van der Waals surface area (Å²) in [6, 6.07) is 0. The van der Waals surface area contributed by atoms with Gasteiger partial charge in [0.15, 0.2) is 0 Å². The number of hydrogen-bond acceptors (Lipinski definition) is 2. The molecule has 2 bridgehead atoms. The zero-order valence-corrected chi connectivity index (χ0v) is 6.34. The molecule has 0 amide bonds. The summed E-state index contributed by atoms with van der Waals surface area (Å²) in [4.78, 5) is 0. The smallest absolute Gasteiger partial charge is 0.0840 e. The van der Waals surface area contributed by atoms with Gasteiger partial charge in [-0.2, -0.15) is 0 Å². The Morgan fingerprint density at radius 1 is 1.60 bits per heavy atom. The highest BCUT2D eigenvalue weighted by Gasteiger charge is 2.43. The van der Waals surface area contributed by atoms with Gasteiger partial charge >= 0.3 is 0 Å². The fourth-order valence-corrected chi connectivity index (χ4v) is 2.02. The molecule has 2 fully saturated rings. The number of hydrogen-bond donors (Lipinski definition) is 1. The van der Waals surface area contributed by atoms with Gasteiger partial charge in [-0.1, -0.05) is 6.92 Å². The minimum Gasteiger partial charge on any atom is -0.390 e. The molecular weight excluding hydrogens is 128 g/mol. The van der Waals surface area contributed by atoms with Crippen LogP contribution in [0.5, 0.6) is 0 Å². The van der Waals surface area contributed by atoms with E-state index in [1.165, 1.54) is 0 Å². The molecular formula is C8H14O2. The number of ether oxygens (including phenoxy) is 1. The van der Waals surface area contributed by atoms with Gasteiger partial charge < -0.3 is 9.84 Å². The molecule has 1 aliphatic heterocycles. The monoisotopic (exact) mass is 142 g/mol. The Morgan fingerprint density at radius 2 is 2.40 bits per heavy atom. The Bertz CT molecular complexity index is 146. The van der Waals surface area contributed by atoms with Crippen molar-refractivity contribution in [3.8, 4) is 0 Å². The van der Waals surface area contributed by atoms with E-state index in [9.17, 15) is 5.11 Å². The zero-order valence-electron chi connectivity index (χ0n) is 6.34. The van der Waals surface area contributed by atoms with Crippen molar-refractivity contribution in [2.75, 3.05) is 6.61 Å². The molecule has 10 heavy (non-hydrogen) atoms. The number of rotatable bonds is 0. The summed E-state index contributed by atoms with van der Waals surface area (Å²) >= 11 is 0. The molecule has 0 aromatic carbocycles. The van der Waals surface area contributed by atoms with E-state index in [1.807, 2.05) is 0 Å². The summed E-state index contributed by atoms with van der Waals surface area (Å²) in [5.41, 5.74) is 0.393. The topological polar surface area (TPSA) is 29.5 Å². The third kappa shape index (κ3) is 0.867. The van der Waals surface area contributed by atoms with Crippen LogP contribution >= 0.6 is 0 Å². The summed E-state index contributed by atoms with van der Waals surface area (Å²) < 4.78 is 5.44. The first-order valence-electron chi connectivity index (χ1n) is 3.99. The van der Waals surface area contributed by atoms with Gasteiger partial charge in [-0.15, -0.1) is 0 Å². The first-order chi connectivity index (χ1) is 4.70. The normalized spacial score (nSPS) is 53.4. The Kier molecular flexibility index (Phi) is 1.29. The average molecular weight is 142 g/mol. The Hall–Kier alpha value is -0.0800. The van der Waals surface area contributed by atoms with Crippen LogP contribution in [0.25, 0.3) is 0 Å². The molecule has 1 saturated carbocycles. The van der Waals surface area contributed by atoms with Crippen molar-refractivity contribution < 1.29 is 9.84 Å². The lowest BCUT2D eigenvalue weighted by molar-refractivity contribution is -0.00348. The van der Waals surface area contributed by atoms with Crippen molar-refractivity contribution in [3.63, 3.8) is 0 Å². The molecule has 2 rings (SSSR count). The summed E-state index contributed by atoms with van der Waals surface area (Å²) in [6.45, 7) is 3.10. The van der Waals surface area contributed by atoms with Gasteiger partial charge in [0.2, 0.25) is 0 Å². The van der Waals surface area contributed by atoms with Crippen LogP contribution in [0.3, 0.4) is 0 Å². The molecule has 0 spiro atoms. The van der Waals surface area contributed by atoms with Crippen LogP contribution in [0.2, 0.25) is 0 Å². The summed E-state index contributed by atoms with van der Waals surface area (Å²) in [5.74, 6) is 0. The molecule has 1 heterocycles. The van der Waals surface area contributed by atoms with Crippen molar-refractivity contribution in [2.24, 2.45) is 5.41 Å². The fourth-order valence-electron chi connectivity index (χ4n) is 2.02. The zero-order chi connectivity index (χ0) is 7.19. The molecule has 0 radical (unpaired) electrons. The predicted molar refractivity (Wildman–Crippen MR) is 37.7 cm³/mol. The molecule has 2 aliphatic rings. The lowest BCUT2D eigenvalue weighted by Crippen LogP contribution is -2.32. The SMILES string of the molecule is CC12CCC(O)C(C1)OC2. The molecule has 3 atom stereocenters. The minimum atomic E-state index is -0.185. The van der Waals surface area contributed by atoms with Crippen LogP contribution in [0.15, 0.2) is 0 Å². The van der Waals surface area contributed by atoms with Gasteiger partial charge in [-0.3, -0.25) is 0 Å². The van der Waals surface area contributed by atoms with Gasteiger partial charge in [-0.25, -0.2) is 0 Å². The third-order valence-corrected chi connectivity index (χ3v) is 2.81. The quantitative estimate of drug-likeness (QED) is 0.545. The highest BCUT2D eigenvalue weighted by atomic mass is 16.5. The van der Waals surface area contributed by atoms with Crippen LogP contribution in [-0.4, -0.2) is 23.9 Å². The van der Waals surface area contributed by atoms with Gasteiger partial charge in [0.1, 0.15) is 0 Å². The summed E-state index contributed by atoms with van der Waals surface area (Å²) in [6.07, 6.45) is 3.09. The highest BCUT2D eigenvalue weighted by molar-refractivity contribution is 4.93. The average Bonchev–Trinajstić information content (AvgIpc) is 2.23. The highest BCUT2D eigenvalue weighted by Crippen LogP contribution is 2.43. The second kappa shape index (κ2) is 1.95. The lowest BCUT2D eigenvalue weighted by Gasteiger charge is -2.29. The molecule has 2 heteroatoms. The first-order valence-corrected chi connectivity index (χ1v) is 3.99. The Morgan fingerprint density at radius 3 is 3.10 bits per heavy atom. The molecule has 0 aromatic heterocycles. The van der Waals surface area contributed by atoms with Crippen LogP contribution in [0, 0.1) is 5.41 Å². The number of fused-ring (bicyclic) bond motifs is 2. The van der Waals surface area contributed by atoms with Crippen molar-refractivity contribution in [1.29, 1.82) is 0 Å². The largest absolute Gasteiger partial charge is 0.390 e. The fraction of sp³-hybridized carbons (Fsp3) is 1.00. The van der Waals surface area contributed by atoms with Crippen LogP contribution in [0.1, 0.15) is 26.2 Å². The maximum atomic E-state index is 9.39. The van der Waals surface area contributed by atoms with E-state index in [4.69, 9.17) is 4.74 Å². The van der Waals surface area contributed by atoms with Crippen molar-refractivity contribution in [2.45, 2.75) is 38.4 Å². The number of aliphatic hydroxyl groups excluding tert-OH is 1. The van der Waals surface area contributed by atoms with Gasteiger partial charge in [0, 0.05) is 0 Å². The van der Waals surface area contributed by atoms with Crippen molar-refractivity contribution >= 4 is 0 Å². The van der Waals surface area contributed by atoms with Gasteiger partial charge in [-0.05, 0) is 24.7 Å². The van der Waals surface area contributed by atoms with E-state index in [0.29, 0.717) is 5.41 Å².